The van der Waals surface area contributed by atoms with E-state index in [1.165, 1.54) is 6.07 Å². The average molecular weight is 322 g/mol. The van der Waals surface area contributed by atoms with Crippen LogP contribution in [0.1, 0.15) is 52.0 Å². The van der Waals surface area contributed by atoms with Crippen molar-refractivity contribution < 1.29 is 13.9 Å². The van der Waals surface area contributed by atoms with E-state index >= 15 is 0 Å². The lowest BCUT2D eigenvalue weighted by Gasteiger charge is -2.29. The fourth-order valence-corrected chi connectivity index (χ4v) is 2.99. The minimum Gasteiger partial charge on any atom is -0.444 e. The van der Waals surface area contributed by atoms with Gasteiger partial charge in [0.1, 0.15) is 11.4 Å². The normalized spacial score (nSPS) is 17.6. The molecule has 1 saturated heterocycles. The lowest BCUT2D eigenvalue weighted by atomic mass is 9.81. The maximum absolute atomic E-state index is 14.4. The van der Waals surface area contributed by atoms with Crippen LogP contribution >= 0.6 is 0 Å². The summed E-state index contributed by atoms with van der Waals surface area (Å²) >= 11 is 0. The summed E-state index contributed by atoms with van der Waals surface area (Å²) in [4.78, 5) is 11.7. The third-order valence-corrected chi connectivity index (χ3v) is 4.23. The van der Waals surface area contributed by atoms with E-state index < -0.39 is 11.7 Å². The van der Waals surface area contributed by atoms with Gasteiger partial charge >= 0.3 is 6.09 Å². The van der Waals surface area contributed by atoms with Gasteiger partial charge in [0.2, 0.25) is 0 Å². The Kier molecular flexibility index (Phi) is 5.63. The number of carbonyl (C=O) groups excluding carboxylic acids is 1. The molecule has 1 aromatic carbocycles. The van der Waals surface area contributed by atoms with Crippen molar-refractivity contribution in [3.63, 3.8) is 0 Å². The number of benzene rings is 1. The fourth-order valence-electron chi connectivity index (χ4n) is 2.99. The van der Waals surface area contributed by atoms with Crippen molar-refractivity contribution in [2.75, 3.05) is 18.4 Å². The summed E-state index contributed by atoms with van der Waals surface area (Å²) in [6.45, 7) is 9.43. The number of amides is 1. The van der Waals surface area contributed by atoms with Crippen LogP contribution in [0.3, 0.4) is 0 Å². The van der Waals surface area contributed by atoms with Crippen LogP contribution in [-0.2, 0) is 4.74 Å². The smallest absolute Gasteiger partial charge is 0.412 e. The quantitative estimate of drug-likeness (QED) is 0.873. The van der Waals surface area contributed by atoms with Crippen molar-refractivity contribution in [2.24, 2.45) is 5.92 Å². The first-order valence-corrected chi connectivity index (χ1v) is 8.26. The third-order valence-electron chi connectivity index (χ3n) is 4.23. The molecule has 0 aromatic heterocycles. The molecule has 1 aliphatic rings. The largest absolute Gasteiger partial charge is 0.444 e. The van der Waals surface area contributed by atoms with Crippen LogP contribution in [0.2, 0.25) is 0 Å². The maximum Gasteiger partial charge on any atom is 0.412 e. The van der Waals surface area contributed by atoms with Gasteiger partial charge in [-0.05, 0) is 76.2 Å². The summed E-state index contributed by atoms with van der Waals surface area (Å²) in [5.74, 6) is 0.396. The van der Waals surface area contributed by atoms with Crippen molar-refractivity contribution in [1.29, 1.82) is 0 Å². The minimum absolute atomic E-state index is 0.174. The second-order valence-corrected chi connectivity index (χ2v) is 7.24. The SMILES string of the molecule is CC(c1ccc(NC(=O)OC(C)(C)C)cc1F)C1CCNCC1. The molecule has 2 N–H and O–H groups in total. The Morgan fingerprint density at radius 1 is 1.35 bits per heavy atom. The fraction of sp³-hybridized carbons (Fsp3) is 0.611. The number of hydrogen-bond donors (Lipinski definition) is 2. The van der Waals surface area contributed by atoms with Crippen molar-refractivity contribution in [1.82, 2.24) is 5.32 Å². The number of anilines is 1. The number of carbonyl (C=O) groups is 1. The van der Waals surface area contributed by atoms with Crippen molar-refractivity contribution in [2.45, 2.75) is 52.1 Å². The zero-order chi connectivity index (χ0) is 17.0. The van der Waals surface area contributed by atoms with Gasteiger partial charge in [-0.3, -0.25) is 5.32 Å². The summed E-state index contributed by atoms with van der Waals surface area (Å²) in [5.41, 5.74) is 0.552. The molecule has 0 radical (unpaired) electrons. The summed E-state index contributed by atoms with van der Waals surface area (Å²) in [5, 5.41) is 5.90. The van der Waals surface area contributed by atoms with Crippen LogP contribution < -0.4 is 10.6 Å². The number of piperidine rings is 1. The molecule has 5 heteroatoms. The Bertz CT molecular complexity index is 548. The molecule has 1 unspecified atom stereocenters. The molecule has 1 aliphatic heterocycles. The second kappa shape index (κ2) is 7.30. The number of ether oxygens (including phenoxy) is 1. The lowest BCUT2D eigenvalue weighted by Crippen LogP contribution is -2.30. The molecule has 2 rings (SSSR count). The van der Waals surface area contributed by atoms with Gasteiger partial charge in [-0.2, -0.15) is 0 Å². The van der Waals surface area contributed by atoms with Gasteiger partial charge in [-0.1, -0.05) is 13.0 Å². The van der Waals surface area contributed by atoms with E-state index in [2.05, 4.69) is 17.6 Å². The van der Waals surface area contributed by atoms with Crippen LogP contribution in [0.5, 0.6) is 0 Å². The van der Waals surface area contributed by atoms with Gasteiger partial charge in [-0.25, -0.2) is 9.18 Å². The van der Waals surface area contributed by atoms with Gasteiger partial charge < -0.3 is 10.1 Å². The molecule has 1 fully saturated rings. The molecule has 0 aliphatic carbocycles. The zero-order valence-electron chi connectivity index (χ0n) is 14.4. The summed E-state index contributed by atoms with van der Waals surface area (Å²) in [6.07, 6.45) is 1.56. The predicted molar refractivity (Wildman–Crippen MR) is 90.3 cm³/mol. The van der Waals surface area contributed by atoms with Crippen molar-refractivity contribution >= 4 is 11.8 Å². The number of hydrogen-bond acceptors (Lipinski definition) is 3. The first-order valence-electron chi connectivity index (χ1n) is 8.26. The second-order valence-electron chi connectivity index (χ2n) is 7.24. The van der Waals surface area contributed by atoms with E-state index in [9.17, 15) is 9.18 Å². The summed E-state index contributed by atoms with van der Waals surface area (Å²) < 4.78 is 19.6. The van der Waals surface area contributed by atoms with E-state index in [4.69, 9.17) is 4.74 Å². The molecule has 0 bridgehead atoms. The van der Waals surface area contributed by atoms with Crippen LogP contribution in [0.15, 0.2) is 18.2 Å². The molecule has 4 nitrogen and oxygen atoms in total. The Morgan fingerprint density at radius 3 is 2.57 bits per heavy atom. The molecule has 1 amide bonds. The topological polar surface area (TPSA) is 50.4 Å². The predicted octanol–water partition coefficient (Wildman–Crippen LogP) is 4.28. The third kappa shape index (κ3) is 5.20. The van der Waals surface area contributed by atoms with E-state index in [0.29, 0.717) is 17.2 Å². The first kappa shape index (κ1) is 17.7. The monoisotopic (exact) mass is 322 g/mol. The average Bonchev–Trinajstić information content (AvgIpc) is 2.45. The molecular weight excluding hydrogens is 295 g/mol. The highest BCUT2D eigenvalue weighted by Gasteiger charge is 2.24. The van der Waals surface area contributed by atoms with Gasteiger partial charge in [0, 0.05) is 5.69 Å². The zero-order valence-corrected chi connectivity index (χ0v) is 14.4. The van der Waals surface area contributed by atoms with E-state index in [1.807, 2.05) is 0 Å². The summed E-state index contributed by atoms with van der Waals surface area (Å²) in [6, 6.07) is 4.88. The van der Waals surface area contributed by atoms with E-state index in [1.54, 1.807) is 32.9 Å². The van der Waals surface area contributed by atoms with Crippen molar-refractivity contribution in [3.8, 4) is 0 Å². The molecule has 1 aromatic rings. The van der Waals surface area contributed by atoms with Crippen molar-refractivity contribution in [3.05, 3.63) is 29.6 Å². The number of nitrogens with one attached hydrogen (secondary N) is 2. The highest BCUT2D eigenvalue weighted by atomic mass is 19.1. The Balaban J connectivity index is 2.03. The van der Waals surface area contributed by atoms with Crippen LogP contribution in [0.25, 0.3) is 0 Å². The minimum atomic E-state index is -0.577. The van der Waals surface area contributed by atoms with Gasteiger partial charge in [0.15, 0.2) is 0 Å². The Hall–Kier alpha value is -1.62. The van der Waals surface area contributed by atoms with Crippen LogP contribution in [-0.4, -0.2) is 24.8 Å². The molecule has 1 atom stereocenters. The molecule has 1 heterocycles. The molecule has 0 saturated carbocycles. The van der Waals surface area contributed by atoms with E-state index in [-0.39, 0.29) is 11.7 Å². The van der Waals surface area contributed by atoms with Gasteiger partial charge in [-0.15, -0.1) is 0 Å². The van der Waals surface area contributed by atoms with Gasteiger partial charge in [0.05, 0.1) is 0 Å². The molecular formula is C18H27FN2O2. The molecule has 128 valence electrons. The highest BCUT2D eigenvalue weighted by molar-refractivity contribution is 5.84. The number of rotatable bonds is 3. The van der Waals surface area contributed by atoms with Crippen LogP contribution in [0, 0.1) is 11.7 Å². The molecule has 0 spiro atoms. The van der Waals surface area contributed by atoms with E-state index in [0.717, 1.165) is 25.9 Å². The Labute approximate surface area is 137 Å². The van der Waals surface area contributed by atoms with Gasteiger partial charge in [0.25, 0.3) is 0 Å². The maximum atomic E-state index is 14.4. The van der Waals surface area contributed by atoms with Crippen LogP contribution in [0.4, 0.5) is 14.9 Å². The first-order chi connectivity index (χ1) is 10.8. The Morgan fingerprint density at radius 2 is 2.00 bits per heavy atom. The highest BCUT2D eigenvalue weighted by Crippen LogP contribution is 2.33. The standard InChI is InChI=1S/C18H27FN2O2/c1-12(13-7-9-20-10-8-13)15-6-5-14(11-16(15)19)21-17(22)23-18(2,3)4/h5-6,11-13,20H,7-10H2,1-4H3,(H,21,22). The molecule has 23 heavy (non-hydrogen) atoms. The number of halogens is 1. The lowest BCUT2D eigenvalue weighted by molar-refractivity contribution is 0.0636. The summed E-state index contributed by atoms with van der Waals surface area (Å²) in [7, 11) is 0.